The van der Waals surface area contributed by atoms with Crippen molar-refractivity contribution in [2.45, 2.75) is 26.6 Å². The van der Waals surface area contributed by atoms with Gasteiger partial charge >= 0.3 is 7.60 Å². The van der Waals surface area contributed by atoms with E-state index in [0.29, 0.717) is 10.8 Å². The van der Waals surface area contributed by atoms with E-state index in [4.69, 9.17) is 37.0 Å². The summed E-state index contributed by atoms with van der Waals surface area (Å²) in [4.78, 5) is 11.0. The molecule has 1 N–H and O–H groups in total. The molecule has 2 aromatic rings. The van der Waals surface area contributed by atoms with Crippen LogP contribution in [0.15, 0.2) is 48.6 Å². The van der Waals surface area contributed by atoms with Crippen LogP contribution in [0.3, 0.4) is 0 Å². The number of halogens is 2. The zero-order valence-electron chi connectivity index (χ0n) is 17.2. The van der Waals surface area contributed by atoms with Crippen molar-refractivity contribution >= 4 is 42.2 Å². The molecule has 0 aliphatic heterocycles. The Labute approximate surface area is 190 Å². The number of benzene rings is 2. The highest BCUT2D eigenvalue weighted by atomic mass is 35.5. The van der Waals surface area contributed by atoms with Crippen LogP contribution in [0.1, 0.15) is 20.8 Å². The second-order valence-electron chi connectivity index (χ2n) is 6.10. The molecule has 0 spiro atoms. The minimum absolute atomic E-state index is 0.0790. The van der Waals surface area contributed by atoms with Gasteiger partial charge in [-0.25, -0.2) is 0 Å². The summed E-state index contributed by atoms with van der Waals surface area (Å²) in [6, 6.07) is 8.84. The number of nitrogens with one attached hydrogen (secondary N) is 1. The van der Waals surface area contributed by atoms with Crippen LogP contribution < -0.4 is 10.1 Å². The van der Waals surface area contributed by atoms with E-state index < -0.39 is 18.3 Å². The first-order chi connectivity index (χ1) is 14.7. The maximum absolute atomic E-state index is 13.3. The first kappa shape index (κ1) is 25.2. The molecule has 0 heterocycles. The predicted octanol–water partition coefficient (Wildman–Crippen LogP) is 7.27. The second kappa shape index (κ2) is 11.5. The van der Waals surface area contributed by atoms with Gasteiger partial charge in [-0.1, -0.05) is 35.4 Å². The van der Waals surface area contributed by atoms with E-state index in [9.17, 15) is 14.7 Å². The summed E-state index contributed by atoms with van der Waals surface area (Å²) >= 11 is 12.0. The lowest BCUT2D eigenvalue weighted by molar-refractivity contribution is -0.384. The van der Waals surface area contributed by atoms with Crippen molar-refractivity contribution in [2.75, 3.05) is 18.5 Å². The zero-order chi connectivity index (χ0) is 23.0. The van der Waals surface area contributed by atoms with Crippen LogP contribution in [0, 0.1) is 10.1 Å². The minimum atomic E-state index is -3.65. The van der Waals surface area contributed by atoms with E-state index in [1.807, 2.05) is 0 Å². The molecule has 31 heavy (non-hydrogen) atoms. The molecule has 0 aromatic heterocycles. The highest BCUT2D eigenvalue weighted by molar-refractivity contribution is 7.55. The third-order valence-electron chi connectivity index (χ3n) is 3.92. The van der Waals surface area contributed by atoms with Gasteiger partial charge in [-0.3, -0.25) is 14.7 Å². The van der Waals surface area contributed by atoms with E-state index in [0.717, 1.165) is 0 Å². The number of nitro benzene ring substituents is 1. The Morgan fingerprint density at radius 3 is 2.39 bits per heavy atom. The fraction of sp³-hybridized carbons (Fsp3) is 0.300. The van der Waals surface area contributed by atoms with Crippen LogP contribution in [0.2, 0.25) is 10.0 Å². The molecular formula is C20H23Cl2N2O6P. The molecule has 0 saturated carbocycles. The van der Waals surface area contributed by atoms with E-state index in [1.165, 1.54) is 24.3 Å². The molecule has 8 nitrogen and oxygen atoms in total. The lowest BCUT2D eigenvalue weighted by Gasteiger charge is -2.25. The third-order valence-corrected chi connectivity index (χ3v) is 6.67. The lowest BCUT2D eigenvalue weighted by atomic mass is 10.2. The molecule has 11 heteroatoms. The van der Waals surface area contributed by atoms with Crippen molar-refractivity contribution in [1.82, 2.24) is 0 Å². The van der Waals surface area contributed by atoms with Gasteiger partial charge in [0.15, 0.2) is 0 Å². The monoisotopic (exact) mass is 488 g/mol. The fourth-order valence-electron chi connectivity index (χ4n) is 2.67. The Morgan fingerprint density at radius 2 is 1.84 bits per heavy atom. The van der Waals surface area contributed by atoms with Gasteiger partial charge in [0.05, 0.1) is 23.2 Å². The quantitative estimate of drug-likeness (QED) is 0.153. The van der Waals surface area contributed by atoms with Gasteiger partial charge in [0.25, 0.3) is 5.69 Å². The number of allylic oxidation sites excluding steroid dienone is 1. The van der Waals surface area contributed by atoms with E-state index in [-0.39, 0.29) is 35.4 Å². The fourth-order valence-corrected chi connectivity index (χ4v) is 4.91. The maximum atomic E-state index is 13.3. The van der Waals surface area contributed by atoms with Gasteiger partial charge in [0.2, 0.25) is 0 Å². The number of nitrogens with zero attached hydrogens (tertiary/aromatic N) is 1. The molecule has 0 amide bonds. The molecular weight excluding hydrogens is 466 g/mol. The first-order valence-corrected chi connectivity index (χ1v) is 11.8. The average Bonchev–Trinajstić information content (AvgIpc) is 2.70. The molecule has 2 aromatic carbocycles. The van der Waals surface area contributed by atoms with Crippen LogP contribution in [-0.4, -0.2) is 23.9 Å². The summed E-state index contributed by atoms with van der Waals surface area (Å²) in [6.45, 7) is 5.39. The van der Waals surface area contributed by atoms with Crippen LogP contribution in [0.5, 0.6) is 11.5 Å². The van der Waals surface area contributed by atoms with E-state index in [2.05, 4.69) is 5.32 Å². The van der Waals surface area contributed by atoms with Gasteiger partial charge in [0.1, 0.15) is 23.0 Å². The Morgan fingerprint density at radius 1 is 1.16 bits per heavy atom. The van der Waals surface area contributed by atoms with Crippen LogP contribution in [0.4, 0.5) is 11.4 Å². The summed E-state index contributed by atoms with van der Waals surface area (Å²) in [5, 5.41) is 15.2. The van der Waals surface area contributed by atoms with Gasteiger partial charge in [-0.15, -0.1) is 0 Å². The second-order valence-corrected chi connectivity index (χ2v) is 9.10. The summed E-state index contributed by atoms with van der Waals surface area (Å²) in [5.41, 5.74) is -0.154. The van der Waals surface area contributed by atoms with Crippen molar-refractivity contribution in [3.63, 3.8) is 0 Å². The molecule has 1 atom stereocenters. The Hall–Kier alpha value is -2.09. The molecule has 0 bridgehead atoms. The van der Waals surface area contributed by atoms with Crippen molar-refractivity contribution in [3.8, 4) is 11.5 Å². The summed E-state index contributed by atoms with van der Waals surface area (Å²) in [5.74, 6) is -0.352. The van der Waals surface area contributed by atoms with Gasteiger partial charge < -0.3 is 19.1 Å². The molecule has 0 saturated heterocycles. The maximum Gasteiger partial charge on any atom is 0.356 e. The topological polar surface area (TPSA) is 99.9 Å². The number of anilines is 1. The number of hydrogen-bond acceptors (Lipinski definition) is 7. The standard InChI is InChI=1S/C20H23Cl2N2O6P/c1-4-7-20(31(27,28-5-2)29-6-3)23-17-13-15(9-10-18(17)24(25)26)30-19-11-8-14(21)12-16(19)22/h4,7-13,20,23H,5-6H2,1-3H3. The van der Waals surface area contributed by atoms with Gasteiger partial charge in [-0.05, 0) is 45.0 Å². The van der Waals surface area contributed by atoms with Crippen LogP contribution in [0.25, 0.3) is 0 Å². The zero-order valence-corrected chi connectivity index (χ0v) is 19.6. The normalized spacial score (nSPS) is 12.7. The number of hydrogen-bond donors (Lipinski definition) is 1. The summed E-state index contributed by atoms with van der Waals surface area (Å²) in [7, 11) is -3.65. The molecule has 2 rings (SSSR count). The predicted molar refractivity (Wildman–Crippen MR) is 123 cm³/mol. The summed E-state index contributed by atoms with van der Waals surface area (Å²) in [6.07, 6.45) is 3.22. The third kappa shape index (κ3) is 6.69. The minimum Gasteiger partial charge on any atom is -0.456 e. The molecule has 0 fully saturated rings. The Kier molecular flexibility index (Phi) is 9.34. The average molecular weight is 489 g/mol. The SMILES string of the molecule is CC=CC(Nc1cc(Oc2ccc(Cl)cc2Cl)ccc1[N+](=O)[O-])P(=O)(OCC)OCC. The van der Waals surface area contributed by atoms with Crippen molar-refractivity contribution in [3.05, 3.63) is 68.7 Å². The largest absolute Gasteiger partial charge is 0.456 e. The van der Waals surface area contributed by atoms with Crippen molar-refractivity contribution < 1.29 is 23.3 Å². The Bertz CT molecular complexity index is 992. The number of ether oxygens (including phenoxy) is 1. The van der Waals surface area contributed by atoms with Gasteiger partial charge in [-0.2, -0.15) is 0 Å². The highest BCUT2D eigenvalue weighted by Crippen LogP contribution is 2.54. The van der Waals surface area contributed by atoms with Crippen LogP contribution >= 0.6 is 30.8 Å². The smallest absolute Gasteiger partial charge is 0.356 e. The molecule has 168 valence electrons. The Balaban J connectivity index is 2.45. The van der Waals surface area contributed by atoms with E-state index >= 15 is 0 Å². The first-order valence-electron chi connectivity index (χ1n) is 9.43. The number of rotatable bonds is 11. The summed E-state index contributed by atoms with van der Waals surface area (Å²) < 4.78 is 29.8. The molecule has 0 aliphatic carbocycles. The molecule has 0 radical (unpaired) electrons. The lowest BCUT2D eigenvalue weighted by Crippen LogP contribution is -2.21. The number of nitro groups is 1. The highest BCUT2D eigenvalue weighted by Gasteiger charge is 2.35. The van der Waals surface area contributed by atoms with E-state index in [1.54, 1.807) is 45.1 Å². The molecule has 1 unspecified atom stereocenters. The molecule has 0 aliphatic rings. The van der Waals surface area contributed by atoms with Crippen molar-refractivity contribution in [2.24, 2.45) is 0 Å². The van der Waals surface area contributed by atoms with Crippen LogP contribution in [-0.2, 0) is 13.6 Å². The van der Waals surface area contributed by atoms with Gasteiger partial charge in [0, 0.05) is 17.2 Å². The van der Waals surface area contributed by atoms with Crippen molar-refractivity contribution in [1.29, 1.82) is 0 Å².